The van der Waals surface area contributed by atoms with E-state index >= 15 is 0 Å². The second-order valence-electron chi connectivity index (χ2n) is 7.05. The summed E-state index contributed by atoms with van der Waals surface area (Å²) in [5.74, 6) is -0.146. The van der Waals surface area contributed by atoms with Crippen LogP contribution < -0.4 is 5.32 Å². The fourth-order valence-electron chi connectivity index (χ4n) is 3.79. The third-order valence-corrected chi connectivity index (χ3v) is 5.66. The predicted octanol–water partition coefficient (Wildman–Crippen LogP) is 7.07. The SMILES string of the molecule is O=C(Nc1ccccc1-c1cccc2ccc3cccnc3c12)c1cccc(Br)c1. The van der Waals surface area contributed by atoms with E-state index in [9.17, 15) is 4.79 Å². The molecular weight excluding hydrogens is 436 g/mol. The van der Waals surface area contributed by atoms with E-state index in [1.54, 1.807) is 6.07 Å². The van der Waals surface area contributed by atoms with Gasteiger partial charge in [0, 0.05) is 38.3 Å². The summed E-state index contributed by atoms with van der Waals surface area (Å²) >= 11 is 3.43. The summed E-state index contributed by atoms with van der Waals surface area (Å²) < 4.78 is 0.870. The van der Waals surface area contributed by atoms with Gasteiger partial charge in [0.1, 0.15) is 0 Å². The summed E-state index contributed by atoms with van der Waals surface area (Å²) in [5.41, 5.74) is 4.33. The summed E-state index contributed by atoms with van der Waals surface area (Å²) in [5, 5.41) is 6.38. The molecule has 0 aliphatic rings. The fraction of sp³-hybridized carbons (Fsp3) is 0. The van der Waals surface area contributed by atoms with Crippen molar-refractivity contribution in [3.8, 4) is 11.1 Å². The molecule has 1 amide bonds. The first-order valence-electron chi connectivity index (χ1n) is 9.63. The lowest BCUT2D eigenvalue weighted by Gasteiger charge is -2.14. The van der Waals surface area contributed by atoms with Crippen molar-refractivity contribution in [3.05, 3.63) is 107 Å². The Balaban J connectivity index is 1.67. The van der Waals surface area contributed by atoms with E-state index in [2.05, 4.69) is 56.6 Å². The lowest BCUT2D eigenvalue weighted by atomic mass is 9.95. The predicted molar refractivity (Wildman–Crippen MR) is 127 cm³/mol. The number of hydrogen-bond donors (Lipinski definition) is 1. The van der Waals surface area contributed by atoms with E-state index in [1.165, 1.54) is 0 Å². The standard InChI is InChI=1S/C26H17BrN2O/c27-20-9-3-7-19(16-20)26(30)29-23-12-2-1-10-21(23)22-11-4-6-17-13-14-18-8-5-15-28-25(18)24(17)22/h1-16H,(H,29,30). The first-order chi connectivity index (χ1) is 14.7. The molecular formula is C26H17BrN2O. The largest absolute Gasteiger partial charge is 0.321 e. The number of halogens is 1. The van der Waals surface area contributed by atoms with Crippen LogP contribution >= 0.6 is 15.9 Å². The van der Waals surface area contributed by atoms with Gasteiger partial charge in [-0.3, -0.25) is 9.78 Å². The van der Waals surface area contributed by atoms with Gasteiger partial charge < -0.3 is 5.32 Å². The van der Waals surface area contributed by atoms with Gasteiger partial charge in [0.05, 0.1) is 5.52 Å². The van der Waals surface area contributed by atoms with E-state index in [4.69, 9.17) is 0 Å². The number of amides is 1. The molecule has 4 aromatic carbocycles. The normalized spacial score (nSPS) is 11.0. The van der Waals surface area contributed by atoms with Gasteiger partial charge >= 0.3 is 0 Å². The second kappa shape index (κ2) is 7.73. The number of fused-ring (bicyclic) bond motifs is 3. The minimum atomic E-state index is -0.146. The molecule has 144 valence electrons. The lowest BCUT2D eigenvalue weighted by Crippen LogP contribution is -2.12. The lowest BCUT2D eigenvalue weighted by molar-refractivity contribution is 0.102. The van der Waals surface area contributed by atoms with Crippen molar-refractivity contribution in [1.29, 1.82) is 0 Å². The van der Waals surface area contributed by atoms with Gasteiger partial charge in [0.15, 0.2) is 0 Å². The maximum atomic E-state index is 12.9. The highest BCUT2D eigenvalue weighted by Gasteiger charge is 2.14. The summed E-state index contributed by atoms with van der Waals surface area (Å²) in [6.07, 6.45) is 1.82. The van der Waals surface area contributed by atoms with Crippen LogP contribution in [0.1, 0.15) is 10.4 Å². The van der Waals surface area contributed by atoms with Crippen molar-refractivity contribution in [3.63, 3.8) is 0 Å². The molecule has 1 aromatic heterocycles. The maximum absolute atomic E-state index is 12.9. The van der Waals surface area contributed by atoms with E-state index in [1.807, 2.05) is 60.8 Å². The van der Waals surface area contributed by atoms with Crippen LogP contribution in [-0.2, 0) is 0 Å². The zero-order valence-electron chi connectivity index (χ0n) is 16.0. The van der Waals surface area contributed by atoms with Gasteiger partial charge in [-0.1, -0.05) is 76.6 Å². The minimum Gasteiger partial charge on any atom is -0.321 e. The minimum absolute atomic E-state index is 0.146. The van der Waals surface area contributed by atoms with E-state index in [0.717, 1.165) is 43.0 Å². The molecule has 30 heavy (non-hydrogen) atoms. The molecule has 1 heterocycles. The molecule has 1 N–H and O–H groups in total. The van der Waals surface area contributed by atoms with Gasteiger partial charge in [-0.15, -0.1) is 0 Å². The highest BCUT2D eigenvalue weighted by molar-refractivity contribution is 9.10. The summed E-state index contributed by atoms with van der Waals surface area (Å²) in [6, 6.07) is 29.7. The van der Waals surface area contributed by atoms with Crippen LogP contribution in [0.3, 0.4) is 0 Å². The maximum Gasteiger partial charge on any atom is 0.255 e. The first-order valence-corrected chi connectivity index (χ1v) is 10.4. The van der Waals surface area contributed by atoms with E-state index < -0.39 is 0 Å². The summed E-state index contributed by atoms with van der Waals surface area (Å²) in [6.45, 7) is 0. The van der Waals surface area contributed by atoms with Crippen molar-refractivity contribution in [2.75, 3.05) is 5.32 Å². The number of anilines is 1. The Labute approximate surface area is 182 Å². The van der Waals surface area contributed by atoms with Crippen molar-refractivity contribution in [1.82, 2.24) is 4.98 Å². The molecule has 0 fully saturated rings. The van der Waals surface area contributed by atoms with Crippen LogP contribution in [0.25, 0.3) is 32.8 Å². The number of benzene rings is 4. The number of aromatic nitrogens is 1. The molecule has 0 radical (unpaired) electrons. The number of nitrogens with zero attached hydrogens (tertiary/aromatic N) is 1. The van der Waals surface area contributed by atoms with Gasteiger partial charge in [-0.05, 0) is 41.3 Å². The number of rotatable bonds is 3. The van der Waals surface area contributed by atoms with Crippen LogP contribution in [0, 0.1) is 0 Å². The van der Waals surface area contributed by atoms with Gasteiger partial charge in [0.2, 0.25) is 0 Å². The number of para-hydroxylation sites is 1. The molecule has 4 heteroatoms. The Hall–Kier alpha value is -3.50. The molecule has 5 rings (SSSR count). The Kier molecular flexibility index (Phi) is 4.77. The van der Waals surface area contributed by atoms with E-state index in [0.29, 0.717) is 5.56 Å². The van der Waals surface area contributed by atoms with Crippen LogP contribution in [0.15, 0.2) is 102 Å². The Morgan fingerprint density at radius 3 is 2.43 bits per heavy atom. The molecule has 0 spiro atoms. The number of carbonyl (C=O) groups excluding carboxylic acids is 1. The zero-order valence-corrected chi connectivity index (χ0v) is 17.6. The van der Waals surface area contributed by atoms with Gasteiger partial charge in [0.25, 0.3) is 5.91 Å². The van der Waals surface area contributed by atoms with E-state index in [-0.39, 0.29) is 5.91 Å². The molecule has 0 atom stereocenters. The number of nitrogens with one attached hydrogen (secondary N) is 1. The quantitative estimate of drug-likeness (QED) is 0.297. The van der Waals surface area contributed by atoms with Crippen LogP contribution in [0.4, 0.5) is 5.69 Å². The van der Waals surface area contributed by atoms with Crippen molar-refractivity contribution >= 4 is 49.2 Å². The smallest absolute Gasteiger partial charge is 0.255 e. The van der Waals surface area contributed by atoms with Crippen molar-refractivity contribution in [2.45, 2.75) is 0 Å². The summed E-state index contributed by atoms with van der Waals surface area (Å²) in [4.78, 5) is 17.5. The molecule has 0 unspecified atom stereocenters. The van der Waals surface area contributed by atoms with Crippen molar-refractivity contribution in [2.24, 2.45) is 0 Å². The molecule has 0 aliphatic carbocycles. The first kappa shape index (κ1) is 18.5. The second-order valence-corrected chi connectivity index (χ2v) is 7.97. The molecule has 0 saturated carbocycles. The molecule has 0 saturated heterocycles. The molecule has 3 nitrogen and oxygen atoms in total. The fourth-order valence-corrected chi connectivity index (χ4v) is 4.19. The van der Waals surface area contributed by atoms with Gasteiger partial charge in [-0.25, -0.2) is 0 Å². The average Bonchev–Trinajstić information content (AvgIpc) is 2.79. The van der Waals surface area contributed by atoms with Gasteiger partial charge in [-0.2, -0.15) is 0 Å². The average molecular weight is 453 g/mol. The zero-order chi connectivity index (χ0) is 20.5. The highest BCUT2D eigenvalue weighted by Crippen LogP contribution is 2.37. The third kappa shape index (κ3) is 3.36. The molecule has 0 bridgehead atoms. The number of pyridine rings is 1. The third-order valence-electron chi connectivity index (χ3n) is 5.17. The van der Waals surface area contributed by atoms with Crippen LogP contribution in [-0.4, -0.2) is 10.9 Å². The Morgan fingerprint density at radius 2 is 1.53 bits per heavy atom. The monoisotopic (exact) mass is 452 g/mol. The Bertz CT molecular complexity index is 1410. The van der Waals surface area contributed by atoms with Crippen LogP contribution in [0.2, 0.25) is 0 Å². The highest BCUT2D eigenvalue weighted by atomic mass is 79.9. The van der Waals surface area contributed by atoms with Crippen molar-refractivity contribution < 1.29 is 4.79 Å². The molecule has 0 aliphatic heterocycles. The number of hydrogen-bond acceptors (Lipinski definition) is 2. The molecule has 5 aromatic rings. The van der Waals surface area contributed by atoms with Crippen LogP contribution in [0.5, 0.6) is 0 Å². The topological polar surface area (TPSA) is 42.0 Å². The number of carbonyl (C=O) groups is 1. The Morgan fingerprint density at radius 1 is 0.767 bits per heavy atom. The summed E-state index contributed by atoms with van der Waals surface area (Å²) in [7, 11) is 0.